The molecule has 1 fully saturated rings. The molecule has 23 heavy (non-hydrogen) atoms. The van der Waals surface area contributed by atoms with Crippen molar-refractivity contribution in [1.29, 1.82) is 0 Å². The third-order valence-corrected chi connectivity index (χ3v) is 5.95. The monoisotopic (exact) mass is 341 g/mol. The molecule has 1 heterocycles. The predicted molar refractivity (Wildman–Crippen MR) is 91.4 cm³/mol. The van der Waals surface area contributed by atoms with E-state index in [0.717, 1.165) is 18.7 Å². The molecule has 1 atom stereocenters. The first kappa shape index (κ1) is 18.4. The van der Waals surface area contributed by atoms with Gasteiger partial charge in [-0.05, 0) is 19.4 Å². The van der Waals surface area contributed by atoms with Crippen molar-refractivity contribution >= 4 is 10.2 Å². The first-order valence-corrected chi connectivity index (χ1v) is 9.45. The molecule has 2 rings (SSSR count). The van der Waals surface area contributed by atoms with Crippen molar-refractivity contribution in [2.45, 2.75) is 25.9 Å². The second-order valence-corrected chi connectivity index (χ2v) is 7.85. The van der Waals surface area contributed by atoms with Crippen LogP contribution in [0.15, 0.2) is 30.3 Å². The molecule has 1 saturated heterocycles. The molecule has 1 aromatic rings. The minimum absolute atomic E-state index is 0.00966. The number of ether oxygens (including phenoxy) is 1. The number of hydrogen-bond acceptors (Lipinski definition) is 4. The molecule has 0 unspecified atom stereocenters. The zero-order valence-electron chi connectivity index (χ0n) is 14.1. The van der Waals surface area contributed by atoms with Crippen LogP contribution in [0, 0.1) is 0 Å². The van der Waals surface area contributed by atoms with E-state index >= 15 is 0 Å². The van der Waals surface area contributed by atoms with Crippen LogP contribution in [-0.2, 0) is 14.9 Å². The van der Waals surface area contributed by atoms with Gasteiger partial charge in [0.2, 0.25) is 0 Å². The zero-order valence-corrected chi connectivity index (χ0v) is 14.9. The van der Waals surface area contributed by atoms with E-state index < -0.39 is 10.2 Å². The normalized spacial score (nSPS) is 18.5. The van der Waals surface area contributed by atoms with Gasteiger partial charge in [0, 0.05) is 38.8 Å². The van der Waals surface area contributed by atoms with Gasteiger partial charge in [-0.1, -0.05) is 30.3 Å². The highest BCUT2D eigenvalue weighted by molar-refractivity contribution is 7.87. The average Bonchev–Trinajstić information content (AvgIpc) is 2.56. The summed E-state index contributed by atoms with van der Waals surface area (Å²) >= 11 is 0. The van der Waals surface area contributed by atoms with Gasteiger partial charge in [0.05, 0.1) is 13.2 Å². The number of morpholine rings is 1. The highest BCUT2D eigenvalue weighted by Gasteiger charge is 2.26. The van der Waals surface area contributed by atoms with Crippen molar-refractivity contribution in [2.24, 2.45) is 0 Å². The quantitative estimate of drug-likeness (QED) is 0.810. The largest absolute Gasteiger partial charge is 0.379 e. The fraction of sp³-hybridized carbons (Fsp3) is 0.625. The fourth-order valence-corrected chi connectivity index (χ4v) is 3.71. The van der Waals surface area contributed by atoms with Crippen LogP contribution in [0.1, 0.15) is 25.5 Å². The number of nitrogens with zero attached hydrogens (tertiary/aromatic N) is 2. The summed E-state index contributed by atoms with van der Waals surface area (Å²) in [5, 5.41) is 0. The molecule has 0 spiro atoms. The Hall–Kier alpha value is -0.990. The summed E-state index contributed by atoms with van der Waals surface area (Å²) in [5.74, 6) is 0. The van der Waals surface area contributed by atoms with Crippen LogP contribution in [0.2, 0.25) is 0 Å². The lowest BCUT2D eigenvalue weighted by Crippen LogP contribution is -2.47. The minimum Gasteiger partial charge on any atom is -0.379 e. The third kappa shape index (κ3) is 4.99. The Morgan fingerprint density at radius 1 is 1.22 bits per heavy atom. The van der Waals surface area contributed by atoms with E-state index in [9.17, 15) is 8.42 Å². The molecule has 0 radical (unpaired) electrons. The van der Waals surface area contributed by atoms with Crippen molar-refractivity contribution < 1.29 is 13.2 Å². The molecule has 1 aromatic carbocycles. The number of nitrogens with one attached hydrogen (secondary N) is 1. The van der Waals surface area contributed by atoms with Crippen LogP contribution in [-0.4, -0.2) is 63.6 Å². The molecule has 0 aromatic heterocycles. The van der Waals surface area contributed by atoms with Crippen LogP contribution in [0.4, 0.5) is 0 Å². The van der Waals surface area contributed by atoms with Crippen molar-refractivity contribution in [3.8, 4) is 0 Å². The maximum atomic E-state index is 12.4. The van der Waals surface area contributed by atoms with Crippen molar-refractivity contribution in [3.63, 3.8) is 0 Å². The lowest BCUT2D eigenvalue weighted by atomic mass is 10.1. The van der Waals surface area contributed by atoms with E-state index in [1.165, 1.54) is 4.31 Å². The highest BCUT2D eigenvalue weighted by Crippen LogP contribution is 2.21. The molecule has 7 heteroatoms. The van der Waals surface area contributed by atoms with Gasteiger partial charge in [-0.15, -0.1) is 0 Å². The maximum Gasteiger partial charge on any atom is 0.279 e. The van der Waals surface area contributed by atoms with Gasteiger partial charge < -0.3 is 4.74 Å². The number of benzene rings is 1. The van der Waals surface area contributed by atoms with Crippen molar-refractivity contribution in [1.82, 2.24) is 13.9 Å². The van der Waals surface area contributed by atoms with E-state index in [-0.39, 0.29) is 12.1 Å². The Kier molecular flexibility index (Phi) is 6.55. The maximum absolute atomic E-state index is 12.4. The van der Waals surface area contributed by atoms with Crippen LogP contribution >= 0.6 is 0 Å². The Bertz CT molecular complexity index is 571. The lowest BCUT2D eigenvalue weighted by molar-refractivity contribution is 0.0171. The lowest BCUT2D eigenvalue weighted by Gasteiger charge is -2.35. The van der Waals surface area contributed by atoms with E-state index in [0.29, 0.717) is 19.8 Å². The topological polar surface area (TPSA) is 61.9 Å². The third-order valence-electron chi connectivity index (χ3n) is 4.24. The first-order chi connectivity index (χ1) is 10.9. The summed E-state index contributed by atoms with van der Waals surface area (Å²) in [6.45, 7) is 7.04. The second kappa shape index (κ2) is 8.21. The van der Waals surface area contributed by atoms with Gasteiger partial charge >= 0.3 is 0 Å². The summed E-state index contributed by atoms with van der Waals surface area (Å²) in [7, 11) is -1.88. The molecule has 1 aliphatic rings. The molecule has 1 N–H and O–H groups in total. The molecule has 0 bridgehead atoms. The highest BCUT2D eigenvalue weighted by atomic mass is 32.2. The summed E-state index contributed by atoms with van der Waals surface area (Å²) in [4.78, 5) is 2.27. The molecule has 0 amide bonds. The number of hydrogen-bond donors (Lipinski definition) is 1. The Labute approximate surface area is 139 Å². The number of rotatable bonds is 7. The van der Waals surface area contributed by atoms with Gasteiger partial charge in [-0.3, -0.25) is 4.90 Å². The summed E-state index contributed by atoms with van der Waals surface area (Å²) < 4.78 is 34.2. The SMILES string of the molecule is CC(C)N(C)S(=O)(=O)NC[C@@H](c1ccccc1)N1CCOCC1. The van der Waals surface area contributed by atoms with Gasteiger partial charge in [0.15, 0.2) is 0 Å². The first-order valence-electron chi connectivity index (χ1n) is 8.01. The van der Waals surface area contributed by atoms with E-state index in [2.05, 4.69) is 9.62 Å². The van der Waals surface area contributed by atoms with Crippen LogP contribution in [0.25, 0.3) is 0 Å². The van der Waals surface area contributed by atoms with Gasteiger partial charge in [-0.25, -0.2) is 4.72 Å². The van der Waals surface area contributed by atoms with Crippen LogP contribution < -0.4 is 4.72 Å². The molecule has 6 nitrogen and oxygen atoms in total. The molecule has 130 valence electrons. The average molecular weight is 341 g/mol. The standard InChI is InChI=1S/C16H27N3O3S/c1-14(2)18(3)23(20,21)17-13-16(15-7-5-4-6-8-15)19-9-11-22-12-10-19/h4-8,14,16-17H,9-13H2,1-3H3/t16-/m0/s1. The predicted octanol–water partition coefficient (Wildman–Crippen LogP) is 1.23. The smallest absolute Gasteiger partial charge is 0.279 e. The van der Waals surface area contributed by atoms with E-state index in [4.69, 9.17) is 4.74 Å². The molecular weight excluding hydrogens is 314 g/mol. The Balaban J connectivity index is 2.12. The fourth-order valence-electron chi connectivity index (χ4n) is 2.59. The molecule has 0 aliphatic carbocycles. The van der Waals surface area contributed by atoms with Crippen LogP contribution in [0.5, 0.6) is 0 Å². The summed E-state index contributed by atoms with van der Waals surface area (Å²) in [5.41, 5.74) is 1.12. The van der Waals surface area contributed by atoms with Gasteiger partial charge in [-0.2, -0.15) is 12.7 Å². The molecular formula is C16H27N3O3S. The zero-order chi connectivity index (χ0) is 16.9. The van der Waals surface area contributed by atoms with Crippen molar-refractivity contribution in [3.05, 3.63) is 35.9 Å². The minimum atomic E-state index is -3.48. The summed E-state index contributed by atoms with van der Waals surface area (Å²) in [6, 6.07) is 9.95. The summed E-state index contributed by atoms with van der Waals surface area (Å²) in [6.07, 6.45) is 0. The second-order valence-electron chi connectivity index (χ2n) is 6.04. The van der Waals surface area contributed by atoms with E-state index in [1.807, 2.05) is 44.2 Å². The molecule has 0 saturated carbocycles. The van der Waals surface area contributed by atoms with Gasteiger partial charge in [0.25, 0.3) is 10.2 Å². The Morgan fingerprint density at radius 2 is 1.83 bits per heavy atom. The van der Waals surface area contributed by atoms with Gasteiger partial charge in [0.1, 0.15) is 0 Å². The van der Waals surface area contributed by atoms with Crippen molar-refractivity contribution in [2.75, 3.05) is 39.9 Å². The van der Waals surface area contributed by atoms with Crippen LogP contribution in [0.3, 0.4) is 0 Å². The molecule has 1 aliphatic heterocycles. The van der Waals surface area contributed by atoms with E-state index in [1.54, 1.807) is 7.05 Å². The Morgan fingerprint density at radius 3 is 2.39 bits per heavy atom.